The summed E-state index contributed by atoms with van der Waals surface area (Å²) in [6, 6.07) is 2.25. The lowest BCUT2D eigenvalue weighted by Gasteiger charge is -2.05. The lowest BCUT2D eigenvalue weighted by molar-refractivity contribution is 0.700. The highest BCUT2D eigenvalue weighted by Gasteiger charge is 2.25. The highest BCUT2D eigenvalue weighted by molar-refractivity contribution is 5.32. The van der Waals surface area contributed by atoms with Crippen LogP contribution in [-0.2, 0) is 0 Å². The molecule has 5 heteroatoms. The van der Waals surface area contributed by atoms with Crippen molar-refractivity contribution in [1.29, 1.82) is 5.26 Å². The maximum atomic E-state index is 11.7. The fourth-order valence-electron chi connectivity index (χ4n) is 1.31. The molecular formula is C9H10N4O. The zero-order valence-electron chi connectivity index (χ0n) is 7.60. The van der Waals surface area contributed by atoms with E-state index in [1.807, 2.05) is 6.07 Å². The van der Waals surface area contributed by atoms with Gasteiger partial charge in [0.15, 0.2) is 5.82 Å². The van der Waals surface area contributed by atoms with Gasteiger partial charge in [0.25, 0.3) is 5.56 Å². The van der Waals surface area contributed by atoms with Gasteiger partial charge in [-0.3, -0.25) is 4.79 Å². The summed E-state index contributed by atoms with van der Waals surface area (Å²) in [5.74, 6) is 0.265. The lowest BCUT2D eigenvalue weighted by Crippen LogP contribution is -2.23. The van der Waals surface area contributed by atoms with Crippen molar-refractivity contribution in [3.05, 3.63) is 22.7 Å². The topological polar surface area (TPSA) is 70.7 Å². The Morgan fingerprint density at radius 1 is 1.71 bits per heavy atom. The van der Waals surface area contributed by atoms with E-state index >= 15 is 0 Å². The first-order valence-electron chi connectivity index (χ1n) is 4.51. The number of nitrogens with one attached hydrogen (secondary N) is 1. The molecule has 1 aliphatic rings. The Morgan fingerprint density at radius 2 is 2.50 bits per heavy atom. The number of aromatic nitrogens is 2. The Kier molecular flexibility index (Phi) is 2.19. The molecule has 1 saturated carbocycles. The molecule has 1 aromatic rings. The number of nitrogens with zero attached hydrogens (tertiary/aromatic N) is 3. The number of hydrogen-bond acceptors (Lipinski definition) is 4. The standard InChI is InChI=1S/C9H10N4O/c10-3-4-11-8-9(14)13(6-5-12-8)7-1-2-7/h5-7H,1-2,4H2,(H,11,12). The van der Waals surface area contributed by atoms with Crippen LogP contribution in [0.5, 0.6) is 0 Å². The summed E-state index contributed by atoms with van der Waals surface area (Å²) in [6.07, 6.45) is 5.39. The Bertz CT molecular complexity index is 427. The van der Waals surface area contributed by atoms with Crippen LogP contribution in [0, 0.1) is 11.3 Å². The van der Waals surface area contributed by atoms with Gasteiger partial charge in [-0.15, -0.1) is 0 Å². The van der Waals surface area contributed by atoms with Gasteiger partial charge in [-0.25, -0.2) is 4.98 Å². The summed E-state index contributed by atoms with van der Waals surface area (Å²) in [6.45, 7) is 0.108. The molecule has 1 aliphatic carbocycles. The molecule has 1 aromatic heterocycles. The van der Waals surface area contributed by atoms with Crippen molar-refractivity contribution < 1.29 is 0 Å². The van der Waals surface area contributed by atoms with E-state index in [4.69, 9.17) is 5.26 Å². The lowest BCUT2D eigenvalue weighted by atomic mass is 10.5. The highest BCUT2D eigenvalue weighted by atomic mass is 16.1. The highest BCUT2D eigenvalue weighted by Crippen LogP contribution is 2.33. The molecule has 0 radical (unpaired) electrons. The van der Waals surface area contributed by atoms with E-state index in [-0.39, 0.29) is 17.9 Å². The monoisotopic (exact) mass is 190 g/mol. The van der Waals surface area contributed by atoms with Crippen LogP contribution in [0.1, 0.15) is 18.9 Å². The van der Waals surface area contributed by atoms with E-state index in [0.29, 0.717) is 6.04 Å². The van der Waals surface area contributed by atoms with Crippen molar-refractivity contribution in [2.45, 2.75) is 18.9 Å². The summed E-state index contributed by atoms with van der Waals surface area (Å²) >= 11 is 0. The number of anilines is 1. The predicted octanol–water partition coefficient (Wildman–Crippen LogP) is 0.514. The Labute approximate surface area is 81.0 Å². The van der Waals surface area contributed by atoms with E-state index < -0.39 is 0 Å². The van der Waals surface area contributed by atoms with E-state index in [0.717, 1.165) is 12.8 Å². The minimum atomic E-state index is -0.134. The smallest absolute Gasteiger partial charge is 0.293 e. The van der Waals surface area contributed by atoms with Crippen molar-refractivity contribution in [3.8, 4) is 6.07 Å². The summed E-state index contributed by atoms with van der Waals surface area (Å²) in [4.78, 5) is 15.6. The third-order valence-electron chi connectivity index (χ3n) is 2.14. The van der Waals surface area contributed by atoms with Crippen LogP contribution in [0.4, 0.5) is 5.82 Å². The molecule has 0 bridgehead atoms. The first kappa shape index (κ1) is 8.75. The normalized spacial score (nSPS) is 14.8. The molecule has 0 unspecified atom stereocenters. The van der Waals surface area contributed by atoms with Gasteiger partial charge in [-0.05, 0) is 12.8 Å². The Hall–Kier alpha value is -1.83. The fraction of sp³-hybridized carbons (Fsp3) is 0.444. The van der Waals surface area contributed by atoms with Crippen LogP contribution in [0.25, 0.3) is 0 Å². The fourth-order valence-corrected chi connectivity index (χ4v) is 1.31. The molecule has 1 heterocycles. The molecule has 0 aromatic carbocycles. The zero-order chi connectivity index (χ0) is 9.97. The molecule has 2 rings (SSSR count). The molecule has 1 N–H and O–H groups in total. The summed E-state index contributed by atoms with van der Waals surface area (Å²) in [5, 5.41) is 11.0. The zero-order valence-corrected chi connectivity index (χ0v) is 7.60. The van der Waals surface area contributed by atoms with Gasteiger partial charge < -0.3 is 9.88 Å². The molecule has 0 aliphatic heterocycles. The van der Waals surface area contributed by atoms with Crippen molar-refractivity contribution in [2.75, 3.05) is 11.9 Å². The second-order valence-electron chi connectivity index (χ2n) is 3.23. The van der Waals surface area contributed by atoms with Crippen molar-refractivity contribution in [3.63, 3.8) is 0 Å². The maximum absolute atomic E-state index is 11.7. The molecule has 5 nitrogen and oxygen atoms in total. The van der Waals surface area contributed by atoms with Crippen LogP contribution >= 0.6 is 0 Å². The van der Waals surface area contributed by atoms with Gasteiger partial charge in [-0.1, -0.05) is 0 Å². The van der Waals surface area contributed by atoms with Crippen LogP contribution in [0.3, 0.4) is 0 Å². The number of nitriles is 1. The summed E-state index contributed by atoms with van der Waals surface area (Å²) in [5.41, 5.74) is -0.134. The van der Waals surface area contributed by atoms with Crippen molar-refractivity contribution in [2.24, 2.45) is 0 Å². The van der Waals surface area contributed by atoms with Gasteiger partial charge in [0.05, 0.1) is 6.07 Å². The number of rotatable bonds is 3. The van der Waals surface area contributed by atoms with Crippen LogP contribution in [0.15, 0.2) is 17.2 Å². The van der Waals surface area contributed by atoms with E-state index in [1.54, 1.807) is 17.0 Å². The number of hydrogen-bond donors (Lipinski definition) is 1. The predicted molar refractivity (Wildman–Crippen MR) is 50.9 cm³/mol. The molecule has 0 spiro atoms. The molecule has 72 valence electrons. The van der Waals surface area contributed by atoms with Gasteiger partial charge in [0.1, 0.15) is 6.54 Å². The average molecular weight is 190 g/mol. The van der Waals surface area contributed by atoms with E-state index in [2.05, 4.69) is 10.3 Å². The van der Waals surface area contributed by atoms with Crippen LogP contribution in [-0.4, -0.2) is 16.1 Å². The van der Waals surface area contributed by atoms with Crippen molar-refractivity contribution in [1.82, 2.24) is 9.55 Å². The van der Waals surface area contributed by atoms with Gasteiger partial charge >= 0.3 is 0 Å². The van der Waals surface area contributed by atoms with Gasteiger partial charge in [-0.2, -0.15) is 5.26 Å². The summed E-state index contributed by atoms with van der Waals surface area (Å²) in [7, 11) is 0. The van der Waals surface area contributed by atoms with E-state index in [1.165, 1.54) is 0 Å². The van der Waals surface area contributed by atoms with Gasteiger partial charge in [0, 0.05) is 18.4 Å². The minimum Gasteiger partial charge on any atom is -0.352 e. The SMILES string of the molecule is N#CCNc1nccn(C2CC2)c1=O. The maximum Gasteiger partial charge on any atom is 0.293 e. The molecule has 0 amide bonds. The largest absolute Gasteiger partial charge is 0.352 e. The molecule has 0 saturated heterocycles. The Morgan fingerprint density at radius 3 is 3.14 bits per heavy atom. The summed E-state index contributed by atoms with van der Waals surface area (Å²) < 4.78 is 1.67. The third kappa shape index (κ3) is 1.59. The van der Waals surface area contributed by atoms with Crippen molar-refractivity contribution >= 4 is 5.82 Å². The van der Waals surface area contributed by atoms with Gasteiger partial charge in [0.2, 0.25) is 0 Å². The quantitative estimate of drug-likeness (QED) is 0.705. The van der Waals surface area contributed by atoms with Crippen LogP contribution in [0.2, 0.25) is 0 Å². The molecule has 0 atom stereocenters. The third-order valence-corrected chi connectivity index (χ3v) is 2.14. The minimum absolute atomic E-state index is 0.108. The molecular weight excluding hydrogens is 180 g/mol. The van der Waals surface area contributed by atoms with E-state index in [9.17, 15) is 4.79 Å². The second-order valence-corrected chi connectivity index (χ2v) is 3.23. The first-order valence-corrected chi connectivity index (χ1v) is 4.51. The second kappa shape index (κ2) is 3.50. The average Bonchev–Trinajstić information content (AvgIpc) is 3.00. The first-order chi connectivity index (χ1) is 6.83. The Balaban J connectivity index is 2.28. The molecule has 14 heavy (non-hydrogen) atoms. The van der Waals surface area contributed by atoms with Crippen LogP contribution < -0.4 is 10.9 Å². The molecule has 1 fully saturated rings.